The van der Waals surface area contributed by atoms with Crippen molar-refractivity contribution < 1.29 is 26.3 Å². The molecular weight excluding hydrogens is 186 g/mol. The summed E-state index contributed by atoms with van der Waals surface area (Å²) in [6, 6.07) is 0. The van der Waals surface area contributed by atoms with Gasteiger partial charge in [-0.3, -0.25) is 0 Å². The van der Waals surface area contributed by atoms with Gasteiger partial charge in [0.15, 0.2) is 6.17 Å². The van der Waals surface area contributed by atoms with E-state index < -0.39 is 37.0 Å². The Morgan fingerprint density at radius 1 is 1.17 bits per heavy atom. The summed E-state index contributed by atoms with van der Waals surface area (Å²) in [5, 5.41) is 0. The molecule has 6 heteroatoms. The molecule has 0 heterocycles. The Bertz CT molecular complexity index is 171. The summed E-state index contributed by atoms with van der Waals surface area (Å²) >= 11 is 0. The molecule has 1 fully saturated rings. The number of hydrogen-bond donors (Lipinski definition) is 0. The monoisotopic (exact) mass is 192 g/mol. The van der Waals surface area contributed by atoms with Gasteiger partial charge >= 0.3 is 6.18 Å². The minimum Gasteiger partial charge on any atom is -0.240 e. The van der Waals surface area contributed by atoms with Crippen molar-refractivity contribution in [3.8, 4) is 0 Å². The fourth-order valence-electron chi connectivity index (χ4n) is 1.01. The van der Waals surface area contributed by atoms with Crippen molar-refractivity contribution in [1.82, 2.24) is 0 Å². The van der Waals surface area contributed by atoms with Crippen molar-refractivity contribution in [1.29, 1.82) is 0 Å². The Morgan fingerprint density at radius 3 is 1.83 bits per heavy atom. The maximum absolute atomic E-state index is 12.0. The molecule has 2 atom stereocenters. The Balaban J connectivity index is 2.28. The lowest BCUT2D eigenvalue weighted by atomic mass is 10.2. The molecular formula is C6H6F6. The third-order valence-corrected chi connectivity index (χ3v) is 1.85. The molecule has 1 saturated carbocycles. The maximum atomic E-state index is 12.0. The van der Waals surface area contributed by atoms with Gasteiger partial charge in [0.25, 0.3) is 5.92 Å². The molecule has 0 saturated heterocycles. The Kier molecular flexibility index (Phi) is 2.04. The predicted octanol–water partition coefficient (Wildman–Crippen LogP) is 2.93. The SMILES string of the molecule is FC1C(CCC(F)(F)F)C1(F)F. The van der Waals surface area contributed by atoms with Gasteiger partial charge in [0.05, 0.1) is 5.92 Å². The average Bonchev–Trinajstić information content (AvgIpc) is 2.28. The minimum absolute atomic E-state index is 0.822. The van der Waals surface area contributed by atoms with Crippen LogP contribution in [0.1, 0.15) is 12.8 Å². The molecule has 72 valence electrons. The fraction of sp³-hybridized carbons (Fsp3) is 1.00. The summed E-state index contributed by atoms with van der Waals surface area (Å²) < 4.78 is 70.4. The highest BCUT2D eigenvalue weighted by Crippen LogP contribution is 2.54. The molecule has 1 aliphatic carbocycles. The van der Waals surface area contributed by atoms with Crippen LogP contribution in [0.4, 0.5) is 26.3 Å². The van der Waals surface area contributed by atoms with Crippen molar-refractivity contribution in [3.63, 3.8) is 0 Å². The summed E-state index contributed by atoms with van der Waals surface area (Å²) in [4.78, 5) is 0. The standard InChI is InChI=1S/C6H6F6/c7-4-3(6(4,11)12)1-2-5(8,9)10/h3-4H,1-2H2. The molecule has 0 aromatic carbocycles. The van der Waals surface area contributed by atoms with E-state index in [1.807, 2.05) is 0 Å². The molecule has 2 unspecified atom stereocenters. The first-order valence-corrected chi connectivity index (χ1v) is 3.34. The quantitative estimate of drug-likeness (QED) is 0.590. The molecule has 12 heavy (non-hydrogen) atoms. The van der Waals surface area contributed by atoms with Crippen LogP contribution < -0.4 is 0 Å². The van der Waals surface area contributed by atoms with Crippen LogP contribution in [0.5, 0.6) is 0 Å². The van der Waals surface area contributed by atoms with Gasteiger partial charge in [0.1, 0.15) is 0 Å². The minimum atomic E-state index is -4.47. The van der Waals surface area contributed by atoms with Gasteiger partial charge in [-0.25, -0.2) is 13.2 Å². The lowest BCUT2D eigenvalue weighted by molar-refractivity contribution is -0.137. The van der Waals surface area contributed by atoms with Crippen molar-refractivity contribution in [2.75, 3.05) is 0 Å². The second-order valence-electron chi connectivity index (χ2n) is 2.84. The molecule has 1 aliphatic rings. The highest BCUT2D eigenvalue weighted by Gasteiger charge is 2.69. The zero-order valence-electron chi connectivity index (χ0n) is 5.84. The van der Waals surface area contributed by atoms with Crippen LogP contribution in [0.25, 0.3) is 0 Å². The van der Waals surface area contributed by atoms with Crippen LogP contribution in [-0.4, -0.2) is 18.3 Å². The Morgan fingerprint density at radius 2 is 1.58 bits per heavy atom. The molecule has 0 aliphatic heterocycles. The Hall–Kier alpha value is -0.420. The zero-order chi connectivity index (χ0) is 9.57. The summed E-state index contributed by atoms with van der Waals surface area (Å²) in [7, 11) is 0. The van der Waals surface area contributed by atoms with Crippen molar-refractivity contribution in [2.45, 2.75) is 31.1 Å². The predicted molar refractivity (Wildman–Crippen MR) is 28.6 cm³/mol. The summed E-state index contributed by atoms with van der Waals surface area (Å²) in [5.74, 6) is -5.25. The zero-order valence-corrected chi connectivity index (χ0v) is 5.84. The number of rotatable bonds is 2. The lowest BCUT2D eigenvalue weighted by Crippen LogP contribution is -2.08. The van der Waals surface area contributed by atoms with Gasteiger partial charge in [0, 0.05) is 6.42 Å². The normalized spacial score (nSPS) is 33.5. The third kappa shape index (κ3) is 1.84. The van der Waals surface area contributed by atoms with E-state index in [2.05, 4.69) is 0 Å². The van der Waals surface area contributed by atoms with Gasteiger partial charge in [0.2, 0.25) is 0 Å². The van der Waals surface area contributed by atoms with Crippen LogP contribution in [0.2, 0.25) is 0 Å². The number of hydrogen-bond acceptors (Lipinski definition) is 0. The van der Waals surface area contributed by atoms with Crippen LogP contribution >= 0.6 is 0 Å². The van der Waals surface area contributed by atoms with Crippen LogP contribution in [0, 0.1) is 5.92 Å². The van der Waals surface area contributed by atoms with Gasteiger partial charge in [-0.2, -0.15) is 13.2 Å². The molecule has 0 aromatic rings. The van der Waals surface area contributed by atoms with E-state index in [0.29, 0.717) is 0 Å². The summed E-state index contributed by atoms with van der Waals surface area (Å²) in [5.41, 5.74) is 0. The van der Waals surface area contributed by atoms with Gasteiger partial charge in [-0.05, 0) is 6.42 Å². The summed E-state index contributed by atoms with van der Waals surface area (Å²) in [6.45, 7) is 0. The number of halogens is 6. The molecule has 0 radical (unpaired) electrons. The van der Waals surface area contributed by atoms with Crippen LogP contribution in [-0.2, 0) is 0 Å². The second kappa shape index (κ2) is 2.53. The van der Waals surface area contributed by atoms with Crippen molar-refractivity contribution >= 4 is 0 Å². The molecule has 0 spiro atoms. The average molecular weight is 192 g/mol. The molecule has 0 aromatic heterocycles. The van der Waals surface area contributed by atoms with Crippen molar-refractivity contribution in [2.24, 2.45) is 5.92 Å². The van der Waals surface area contributed by atoms with E-state index in [0.717, 1.165) is 0 Å². The molecule has 1 rings (SSSR count). The smallest absolute Gasteiger partial charge is 0.240 e. The highest BCUT2D eigenvalue weighted by atomic mass is 19.4. The first-order chi connectivity index (χ1) is 5.25. The summed E-state index contributed by atoms with van der Waals surface area (Å²) in [6.07, 6.45) is -9.01. The first-order valence-electron chi connectivity index (χ1n) is 3.34. The largest absolute Gasteiger partial charge is 0.389 e. The van der Waals surface area contributed by atoms with Crippen LogP contribution in [0.3, 0.4) is 0 Å². The van der Waals surface area contributed by atoms with Crippen LogP contribution in [0.15, 0.2) is 0 Å². The van der Waals surface area contributed by atoms with E-state index in [1.165, 1.54) is 0 Å². The van der Waals surface area contributed by atoms with E-state index >= 15 is 0 Å². The van der Waals surface area contributed by atoms with Gasteiger partial charge in [-0.1, -0.05) is 0 Å². The Labute approximate surface area is 64.6 Å². The fourth-order valence-corrected chi connectivity index (χ4v) is 1.01. The topological polar surface area (TPSA) is 0 Å². The maximum Gasteiger partial charge on any atom is 0.389 e. The second-order valence-corrected chi connectivity index (χ2v) is 2.84. The first kappa shape index (κ1) is 9.67. The van der Waals surface area contributed by atoms with E-state index in [1.54, 1.807) is 0 Å². The number of alkyl halides is 6. The molecule has 0 N–H and O–H groups in total. The van der Waals surface area contributed by atoms with E-state index in [4.69, 9.17) is 0 Å². The van der Waals surface area contributed by atoms with Gasteiger partial charge in [-0.15, -0.1) is 0 Å². The third-order valence-electron chi connectivity index (χ3n) is 1.85. The highest BCUT2D eigenvalue weighted by molar-refractivity contribution is 5.06. The van der Waals surface area contributed by atoms with E-state index in [-0.39, 0.29) is 0 Å². The van der Waals surface area contributed by atoms with Gasteiger partial charge < -0.3 is 0 Å². The lowest BCUT2D eigenvalue weighted by Gasteiger charge is -2.03. The molecule has 0 nitrogen and oxygen atoms in total. The van der Waals surface area contributed by atoms with Crippen molar-refractivity contribution in [3.05, 3.63) is 0 Å². The molecule has 0 bridgehead atoms. The molecule has 0 amide bonds. The van der Waals surface area contributed by atoms with E-state index in [9.17, 15) is 26.3 Å².